The van der Waals surface area contributed by atoms with E-state index in [-0.39, 0.29) is 5.91 Å². The molecule has 2 fully saturated rings. The van der Waals surface area contributed by atoms with E-state index in [2.05, 4.69) is 31.7 Å². The number of H-pyrrole nitrogens is 1. The molecule has 4 heterocycles. The van der Waals surface area contributed by atoms with Gasteiger partial charge in [0.15, 0.2) is 0 Å². The molecule has 3 aromatic heterocycles. The third kappa shape index (κ3) is 3.03. The van der Waals surface area contributed by atoms with Crippen LogP contribution in [0.3, 0.4) is 0 Å². The molecular weight excluding hydrogens is 392 g/mol. The lowest BCUT2D eigenvalue weighted by Crippen LogP contribution is -2.29. The van der Waals surface area contributed by atoms with Crippen molar-refractivity contribution < 1.29 is 4.79 Å². The Morgan fingerprint density at radius 3 is 2.81 bits per heavy atom. The minimum atomic E-state index is 0.189. The molecule has 2 aliphatic rings. The SMILES string of the molecule is CC(=O)N1C[C@H]2C[C@H](Nc3ncc4c(-c5ccc6nnn(C)c6c5)c[nH]c4n3)C[C@H]2C1. The maximum atomic E-state index is 11.6. The topological polar surface area (TPSA) is 105 Å². The first kappa shape index (κ1) is 18.3. The van der Waals surface area contributed by atoms with Crippen LogP contribution in [-0.2, 0) is 11.8 Å². The molecule has 1 aromatic carbocycles. The summed E-state index contributed by atoms with van der Waals surface area (Å²) in [6.45, 7) is 3.43. The van der Waals surface area contributed by atoms with Gasteiger partial charge in [-0.1, -0.05) is 11.3 Å². The minimum absolute atomic E-state index is 0.189. The van der Waals surface area contributed by atoms with Gasteiger partial charge in [0.2, 0.25) is 11.9 Å². The maximum absolute atomic E-state index is 11.6. The molecule has 1 saturated carbocycles. The molecule has 0 spiro atoms. The summed E-state index contributed by atoms with van der Waals surface area (Å²) < 4.78 is 1.78. The number of benzene rings is 1. The zero-order valence-electron chi connectivity index (χ0n) is 17.5. The Labute approximate surface area is 178 Å². The van der Waals surface area contributed by atoms with E-state index in [0.29, 0.717) is 23.8 Å². The molecule has 1 aliphatic carbocycles. The molecule has 4 aromatic rings. The first-order valence-corrected chi connectivity index (χ1v) is 10.7. The number of hydrogen-bond donors (Lipinski definition) is 2. The van der Waals surface area contributed by atoms with Crippen LogP contribution in [0.1, 0.15) is 19.8 Å². The van der Waals surface area contributed by atoms with Crippen molar-refractivity contribution in [2.75, 3.05) is 18.4 Å². The number of aromatic nitrogens is 6. The highest BCUT2D eigenvalue weighted by Gasteiger charge is 2.41. The van der Waals surface area contributed by atoms with E-state index in [1.165, 1.54) is 0 Å². The van der Waals surface area contributed by atoms with Crippen molar-refractivity contribution in [1.82, 2.24) is 34.8 Å². The fourth-order valence-electron chi connectivity index (χ4n) is 5.27. The third-order valence-corrected chi connectivity index (χ3v) is 6.88. The molecule has 2 N–H and O–H groups in total. The van der Waals surface area contributed by atoms with Gasteiger partial charge in [-0.15, -0.1) is 5.10 Å². The summed E-state index contributed by atoms with van der Waals surface area (Å²) in [5, 5.41) is 12.7. The molecule has 0 bridgehead atoms. The van der Waals surface area contributed by atoms with Crippen molar-refractivity contribution in [2.45, 2.75) is 25.8 Å². The van der Waals surface area contributed by atoms with Crippen LogP contribution in [-0.4, -0.2) is 59.9 Å². The fraction of sp³-hybridized carbons (Fsp3) is 0.409. The van der Waals surface area contributed by atoms with Crippen LogP contribution >= 0.6 is 0 Å². The van der Waals surface area contributed by atoms with Crippen LogP contribution in [0.5, 0.6) is 0 Å². The van der Waals surface area contributed by atoms with Gasteiger partial charge in [0, 0.05) is 56.4 Å². The molecule has 3 atom stereocenters. The second kappa shape index (κ2) is 6.76. The molecule has 0 unspecified atom stereocenters. The monoisotopic (exact) mass is 416 g/mol. The largest absolute Gasteiger partial charge is 0.351 e. The van der Waals surface area contributed by atoms with E-state index in [1.54, 1.807) is 11.6 Å². The van der Waals surface area contributed by atoms with Crippen LogP contribution in [0, 0.1) is 11.8 Å². The summed E-state index contributed by atoms with van der Waals surface area (Å²) in [4.78, 5) is 26.2. The van der Waals surface area contributed by atoms with E-state index in [4.69, 9.17) is 4.98 Å². The van der Waals surface area contributed by atoms with E-state index < -0.39 is 0 Å². The summed E-state index contributed by atoms with van der Waals surface area (Å²) in [5.41, 5.74) is 4.82. The second-order valence-corrected chi connectivity index (χ2v) is 8.83. The van der Waals surface area contributed by atoms with E-state index in [1.807, 2.05) is 36.5 Å². The van der Waals surface area contributed by atoms with Gasteiger partial charge < -0.3 is 15.2 Å². The molecular formula is C22H24N8O. The number of anilines is 1. The molecule has 6 rings (SSSR count). The molecule has 31 heavy (non-hydrogen) atoms. The molecule has 1 aliphatic heterocycles. The van der Waals surface area contributed by atoms with E-state index in [9.17, 15) is 4.79 Å². The minimum Gasteiger partial charge on any atom is -0.351 e. The van der Waals surface area contributed by atoms with Crippen LogP contribution in [0.4, 0.5) is 5.95 Å². The van der Waals surface area contributed by atoms with Gasteiger partial charge in [-0.2, -0.15) is 4.98 Å². The second-order valence-electron chi connectivity index (χ2n) is 8.83. The first-order valence-electron chi connectivity index (χ1n) is 10.7. The van der Waals surface area contributed by atoms with Gasteiger partial charge in [0.05, 0.1) is 5.52 Å². The van der Waals surface area contributed by atoms with Crippen molar-refractivity contribution in [3.63, 3.8) is 0 Å². The normalized spacial score (nSPS) is 23.0. The number of rotatable bonds is 3. The Morgan fingerprint density at radius 2 is 2.03 bits per heavy atom. The number of aromatic amines is 1. The molecule has 158 valence electrons. The summed E-state index contributed by atoms with van der Waals surface area (Å²) >= 11 is 0. The summed E-state index contributed by atoms with van der Waals surface area (Å²) in [5.74, 6) is 2.01. The quantitative estimate of drug-likeness (QED) is 0.532. The van der Waals surface area contributed by atoms with Gasteiger partial charge >= 0.3 is 0 Å². The average Bonchev–Trinajstić information content (AvgIpc) is 3.50. The van der Waals surface area contributed by atoms with E-state index in [0.717, 1.165) is 59.1 Å². The number of fused-ring (bicyclic) bond motifs is 3. The lowest BCUT2D eigenvalue weighted by molar-refractivity contribution is -0.128. The van der Waals surface area contributed by atoms with Crippen LogP contribution in [0.25, 0.3) is 33.2 Å². The van der Waals surface area contributed by atoms with Crippen molar-refractivity contribution >= 4 is 33.9 Å². The van der Waals surface area contributed by atoms with Crippen LogP contribution in [0.2, 0.25) is 0 Å². The van der Waals surface area contributed by atoms with Gasteiger partial charge in [0.25, 0.3) is 0 Å². The Bertz CT molecular complexity index is 1290. The number of carbonyl (C=O) groups is 1. The number of carbonyl (C=O) groups excluding carboxylic acids is 1. The molecule has 9 heteroatoms. The maximum Gasteiger partial charge on any atom is 0.224 e. The van der Waals surface area contributed by atoms with Crippen molar-refractivity contribution in [3.8, 4) is 11.1 Å². The van der Waals surface area contributed by atoms with Crippen molar-refractivity contribution in [1.29, 1.82) is 0 Å². The summed E-state index contributed by atoms with van der Waals surface area (Å²) in [7, 11) is 1.89. The highest BCUT2D eigenvalue weighted by atomic mass is 16.2. The average molecular weight is 416 g/mol. The molecule has 1 saturated heterocycles. The predicted octanol–water partition coefficient (Wildman–Crippen LogP) is 2.58. The Morgan fingerprint density at radius 1 is 1.23 bits per heavy atom. The zero-order chi connectivity index (χ0) is 21.1. The lowest BCUT2D eigenvalue weighted by Gasteiger charge is -2.18. The number of likely N-dealkylation sites (tertiary alicyclic amines) is 1. The highest BCUT2D eigenvalue weighted by molar-refractivity contribution is 5.95. The Hall–Kier alpha value is -3.49. The number of amides is 1. The predicted molar refractivity (Wildman–Crippen MR) is 117 cm³/mol. The number of aryl methyl sites for hydroxylation is 1. The highest BCUT2D eigenvalue weighted by Crippen LogP contribution is 2.39. The van der Waals surface area contributed by atoms with Crippen LogP contribution < -0.4 is 5.32 Å². The Kier molecular flexibility index (Phi) is 3.99. The summed E-state index contributed by atoms with van der Waals surface area (Å²) in [6.07, 6.45) is 5.98. The standard InChI is InChI=1S/C22H24N8O/c1-12(31)30-10-14-5-16(6-15(14)11-30)25-22-24-9-18-17(8-23-21(18)26-22)13-3-4-19-20(7-13)29(2)28-27-19/h3-4,7-9,14-16H,5-6,10-11H2,1-2H3,(H2,23,24,25,26)/t14-,15+,16+. The lowest BCUT2D eigenvalue weighted by atomic mass is 10.0. The van der Waals surface area contributed by atoms with Gasteiger partial charge in [-0.25, -0.2) is 9.67 Å². The number of nitrogens with zero attached hydrogens (tertiary/aromatic N) is 6. The third-order valence-electron chi connectivity index (χ3n) is 6.88. The summed E-state index contributed by atoms with van der Waals surface area (Å²) in [6, 6.07) is 6.48. The van der Waals surface area contributed by atoms with Crippen LogP contribution in [0.15, 0.2) is 30.6 Å². The first-order chi connectivity index (χ1) is 15.0. The van der Waals surface area contributed by atoms with Crippen molar-refractivity contribution in [3.05, 3.63) is 30.6 Å². The van der Waals surface area contributed by atoms with Gasteiger partial charge in [-0.05, 0) is 42.4 Å². The smallest absolute Gasteiger partial charge is 0.224 e. The number of nitrogens with one attached hydrogen (secondary N) is 2. The molecule has 1 amide bonds. The van der Waals surface area contributed by atoms with Gasteiger partial charge in [-0.3, -0.25) is 4.79 Å². The fourth-order valence-corrected chi connectivity index (χ4v) is 5.27. The zero-order valence-corrected chi connectivity index (χ0v) is 17.5. The van der Waals surface area contributed by atoms with Crippen molar-refractivity contribution in [2.24, 2.45) is 18.9 Å². The number of hydrogen-bond acceptors (Lipinski definition) is 6. The molecule has 9 nitrogen and oxygen atoms in total. The Balaban J connectivity index is 1.22. The molecule has 0 radical (unpaired) electrons. The van der Waals surface area contributed by atoms with E-state index >= 15 is 0 Å². The van der Waals surface area contributed by atoms with Gasteiger partial charge in [0.1, 0.15) is 11.2 Å².